The van der Waals surface area contributed by atoms with Gasteiger partial charge in [-0.3, -0.25) is 9.88 Å². The van der Waals surface area contributed by atoms with Gasteiger partial charge in [0.25, 0.3) is 0 Å². The van der Waals surface area contributed by atoms with Crippen LogP contribution in [0.15, 0.2) is 53.2 Å². The summed E-state index contributed by atoms with van der Waals surface area (Å²) in [5, 5.41) is 13.3. The molecule has 4 rings (SSSR count). The smallest absolute Gasteiger partial charge is 0.244 e. The Morgan fingerprint density at radius 3 is 2.96 bits per heavy atom. The van der Waals surface area contributed by atoms with E-state index in [9.17, 15) is 0 Å². The fourth-order valence-electron chi connectivity index (χ4n) is 3.61. The van der Waals surface area contributed by atoms with E-state index >= 15 is 0 Å². The van der Waals surface area contributed by atoms with Crippen molar-refractivity contribution in [2.24, 2.45) is 5.92 Å². The number of hydrogen-bond donors (Lipinski definition) is 0. The summed E-state index contributed by atoms with van der Waals surface area (Å²) in [5.41, 5.74) is 2.42. The fraction of sp³-hybridized carbons (Fsp3) is 0.333. The van der Waals surface area contributed by atoms with E-state index in [1.54, 1.807) is 12.1 Å². The van der Waals surface area contributed by atoms with Crippen molar-refractivity contribution < 1.29 is 4.52 Å². The molecule has 0 unspecified atom stereocenters. The van der Waals surface area contributed by atoms with Gasteiger partial charge in [0.15, 0.2) is 0 Å². The van der Waals surface area contributed by atoms with E-state index in [4.69, 9.17) is 9.78 Å². The molecule has 27 heavy (non-hydrogen) atoms. The van der Waals surface area contributed by atoms with E-state index in [1.807, 2.05) is 36.5 Å². The first kappa shape index (κ1) is 17.4. The highest BCUT2D eigenvalue weighted by molar-refractivity contribution is 5.57. The maximum absolute atomic E-state index is 9.09. The molecule has 1 fully saturated rings. The van der Waals surface area contributed by atoms with Crippen LogP contribution in [0.4, 0.5) is 0 Å². The Morgan fingerprint density at radius 2 is 2.15 bits per heavy atom. The highest BCUT2D eigenvalue weighted by atomic mass is 16.5. The molecule has 2 aromatic heterocycles. The van der Waals surface area contributed by atoms with Crippen LogP contribution in [0.2, 0.25) is 0 Å². The minimum atomic E-state index is 0.0867. The summed E-state index contributed by atoms with van der Waals surface area (Å²) in [6.07, 6.45) is 3.93. The average Bonchev–Trinajstić information content (AvgIpc) is 3.19. The van der Waals surface area contributed by atoms with Gasteiger partial charge in [0.05, 0.1) is 23.4 Å². The van der Waals surface area contributed by atoms with E-state index in [0.717, 1.165) is 37.2 Å². The molecule has 1 aliphatic heterocycles. The first-order valence-corrected chi connectivity index (χ1v) is 9.21. The maximum Gasteiger partial charge on any atom is 0.244 e. The number of likely N-dealkylation sites (tertiary alicyclic amines) is 1. The Labute approximate surface area is 158 Å². The number of pyridine rings is 1. The number of benzene rings is 1. The monoisotopic (exact) mass is 359 g/mol. The van der Waals surface area contributed by atoms with Gasteiger partial charge in [-0.15, -0.1) is 0 Å². The second kappa shape index (κ2) is 7.68. The largest absolute Gasteiger partial charge is 0.337 e. The van der Waals surface area contributed by atoms with Crippen molar-refractivity contribution in [1.82, 2.24) is 20.0 Å². The van der Waals surface area contributed by atoms with Crippen molar-refractivity contribution in [3.63, 3.8) is 0 Å². The molecule has 6 heteroatoms. The summed E-state index contributed by atoms with van der Waals surface area (Å²) in [6, 6.07) is 15.5. The van der Waals surface area contributed by atoms with Crippen molar-refractivity contribution in [1.29, 1.82) is 5.26 Å². The van der Waals surface area contributed by atoms with Gasteiger partial charge in [-0.05, 0) is 43.0 Å². The lowest BCUT2D eigenvalue weighted by molar-refractivity contribution is 0.0817. The van der Waals surface area contributed by atoms with Crippen LogP contribution >= 0.6 is 0 Å². The van der Waals surface area contributed by atoms with Crippen LogP contribution in [-0.2, 0) is 6.54 Å². The minimum Gasteiger partial charge on any atom is -0.337 e. The van der Waals surface area contributed by atoms with Gasteiger partial charge in [-0.2, -0.15) is 10.2 Å². The Morgan fingerprint density at radius 1 is 1.22 bits per heavy atom. The van der Waals surface area contributed by atoms with E-state index in [0.29, 0.717) is 23.2 Å². The molecule has 3 heterocycles. The SMILES string of the molecule is C[C@H]1CC[C@@H](c2nc(-c3cccc(C#N)c3)no2)N(Cc2ccccn2)C1. The second-order valence-corrected chi connectivity index (χ2v) is 7.10. The van der Waals surface area contributed by atoms with Crippen molar-refractivity contribution >= 4 is 0 Å². The second-order valence-electron chi connectivity index (χ2n) is 7.10. The van der Waals surface area contributed by atoms with E-state index in [1.165, 1.54) is 0 Å². The molecular weight excluding hydrogens is 338 g/mol. The summed E-state index contributed by atoms with van der Waals surface area (Å²) < 4.78 is 5.63. The van der Waals surface area contributed by atoms with Crippen LogP contribution in [0.1, 0.15) is 43.0 Å². The highest BCUT2D eigenvalue weighted by Crippen LogP contribution is 2.34. The van der Waals surface area contributed by atoms with Crippen molar-refractivity contribution in [3.8, 4) is 17.5 Å². The number of rotatable bonds is 4. The van der Waals surface area contributed by atoms with Gasteiger partial charge in [0.1, 0.15) is 0 Å². The summed E-state index contributed by atoms with van der Waals surface area (Å²) in [5.74, 6) is 1.79. The zero-order valence-corrected chi connectivity index (χ0v) is 15.2. The maximum atomic E-state index is 9.09. The van der Waals surface area contributed by atoms with Crippen LogP contribution < -0.4 is 0 Å². The third-order valence-electron chi connectivity index (χ3n) is 4.99. The predicted molar refractivity (Wildman–Crippen MR) is 100 cm³/mol. The lowest BCUT2D eigenvalue weighted by atomic mass is 9.94. The molecule has 1 aliphatic rings. The van der Waals surface area contributed by atoms with Crippen molar-refractivity contribution in [2.75, 3.05) is 6.54 Å². The topological polar surface area (TPSA) is 78.8 Å². The predicted octanol–water partition coefficient (Wildman–Crippen LogP) is 3.98. The van der Waals surface area contributed by atoms with Gasteiger partial charge in [-0.25, -0.2) is 0 Å². The molecule has 3 aromatic rings. The molecule has 0 spiro atoms. The summed E-state index contributed by atoms with van der Waals surface area (Å²) in [6.45, 7) is 4.01. The molecule has 0 N–H and O–H groups in total. The Kier molecular flexibility index (Phi) is 4.95. The van der Waals surface area contributed by atoms with Crippen LogP contribution in [0.25, 0.3) is 11.4 Å². The molecule has 1 saturated heterocycles. The first-order valence-electron chi connectivity index (χ1n) is 9.21. The van der Waals surface area contributed by atoms with E-state index < -0.39 is 0 Å². The fourth-order valence-corrected chi connectivity index (χ4v) is 3.61. The van der Waals surface area contributed by atoms with Gasteiger partial charge in [0, 0.05) is 24.8 Å². The third kappa shape index (κ3) is 3.88. The van der Waals surface area contributed by atoms with Gasteiger partial charge in [0.2, 0.25) is 11.7 Å². The molecule has 0 bridgehead atoms. The molecule has 6 nitrogen and oxygen atoms in total. The molecule has 0 aliphatic carbocycles. The third-order valence-corrected chi connectivity index (χ3v) is 4.99. The molecule has 0 saturated carbocycles. The lowest BCUT2D eigenvalue weighted by Gasteiger charge is -2.36. The number of aromatic nitrogens is 3. The zero-order valence-electron chi connectivity index (χ0n) is 15.2. The number of nitrogens with zero attached hydrogens (tertiary/aromatic N) is 5. The lowest BCUT2D eigenvalue weighted by Crippen LogP contribution is -2.37. The van der Waals surface area contributed by atoms with Gasteiger partial charge >= 0.3 is 0 Å². The Balaban J connectivity index is 1.59. The molecule has 2 atom stereocenters. The number of nitriles is 1. The number of piperidine rings is 1. The molecule has 1 aromatic carbocycles. The summed E-state index contributed by atoms with van der Waals surface area (Å²) >= 11 is 0. The summed E-state index contributed by atoms with van der Waals surface area (Å²) in [7, 11) is 0. The van der Waals surface area contributed by atoms with Crippen LogP contribution in [0.3, 0.4) is 0 Å². The van der Waals surface area contributed by atoms with Crippen molar-refractivity contribution in [2.45, 2.75) is 32.4 Å². The molecule has 136 valence electrons. The van der Waals surface area contributed by atoms with E-state index in [2.05, 4.69) is 33.0 Å². The quantitative estimate of drug-likeness (QED) is 0.701. The summed E-state index contributed by atoms with van der Waals surface area (Å²) in [4.78, 5) is 11.5. The average molecular weight is 359 g/mol. The van der Waals surface area contributed by atoms with Gasteiger partial charge < -0.3 is 4.52 Å². The zero-order chi connectivity index (χ0) is 18.6. The molecule has 0 radical (unpaired) electrons. The van der Waals surface area contributed by atoms with Crippen molar-refractivity contribution in [3.05, 3.63) is 65.8 Å². The Bertz CT molecular complexity index is 946. The van der Waals surface area contributed by atoms with Crippen LogP contribution in [-0.4, -0.2) is 26.6 Å². The number of hydrogen-bond acceptors (Lipinski definition) is 6. The van der Waals surface area contributed by atoms with Gasteiger partial charge in [-0.1, -0.05) is 30.3 Å². The molecule has 0 amide bonds. The van der Waals surface area contributed by atoms with E-state index in [-0.39, 0.29) is 6.04 Å². The normalized spacial score (nSPS) is 20.3. The first-order chi connectivity index (χ1) is 13.2. The standard InChI is InChI=1S/C21H21N5O/c1-15-8-9-19(26(13-15)14-18-7-2-3-10-23-18)21-24-20(25-27-21)17-6-4-5-16(11-17)12-22/h2-7,10-11,15,19H,8-9,13-14H2,1H3/t15-,19-/m0/s1. The van der Waals surface area contributed by atoms with Crippen LogP contribution in [0.5, 0.6) is 0 Å². The Hall–Kier alpha value is -3.04. The van der Waals surface area contributed by atoms with Crippen LogP contribution in [0, 0.1) is 17.2 Å². The highest BCUT2D eigenvalue weighted by Gasteiger charge is 2.31. The minimum absolute atomic E-state index is 0.0867. The molecular formula is C21H21N5O.